The Morgan fingerprint density at radius 3 is 2.40 bits per heavy atom. The van der Waals surface area contributed by atoms with E-state index in [2.05, 4.69) is 54.7 Å². The van der Waals surface area contributed by atoms with E-state index in [-0.39, 0.29) is 11.9 Å². The third kappa shape index (κ3) is 8.78. The van der Waals surface area contributed by atoms with Crippen LogP contribution in [0, 0.1) is 11.8 Å². The highest BCUT2D eigenvalue weighted by Gasteiger charge is 2.16. The van der Waals surface area contributed by atoms with E-state index in [0.717, 1.165) is 42.5 Å². The molecule has 7 heteroatoms. The number of carbonyl (C=O) groups is 1. The normalized spacial score (nSPS) is 12.4. The van der Waals surface area contributed by atoms with Gasteiger partial charge in [-0.1, -0.05) is 57.7 Å². The monoisotopic (exact) mass is 432 g/mol. The predicted molar refractivity (Wildman–Crippen MR) is 123 cm³/mol. The maximum Gasteiger partial charge on any atom is 0.230 e. The van der Waals surface area contributed by atoms with Crippen molar-refractivity contribution < 1.29 is 9.53 Å². The predicted octanol–water partition coefficient (Wildman–Crippen LogP) is 4.94. The van der Waals surface area contributed by atoms with Crippen LogP contribution in [0.1, 0.15) is 59.7 Å². The molecule has 0 radical (unpaired) electrons. The zero-order chi connectivity index (χ0) is 21.9. The van der Waals surface area contributed by atoms with Gasteiger partial charge in [-0.3, -0.25) is 4.79 Å². The average Bonchev–Trinajstić information content (AvgIpc) is 3.10. The summed E-state index contributed by atoms with van der Waals surface area (Å²) >= 11 is 1.44. The second-order valence-corrected chi connectivity index (χ2v) is 9.51. The van der Waals surface area contributed by atoms with Gasteiger partial charge in [-0.25, -0.2) is 0 Å². The minimum Gasteiger partial charge on any atom is -0.486 e. The maximum absolute atomic E-state index is 12.4. The molecule has 0 aliphatic rings. The Labute approximate surface area is 185 Å². The van der Waals surface area contributed by atoms with Gasteiger partial charge in [0.1, 0.15) is 12.4 Å². The number of benzene rings is 1. The lowest BCUT2D eigenvalue weighted by molar-refractivity contribution is -0.119. The molecule has 2 aromatic rings. The SMILES string of the molecule is CC(C)CCC(C)NC(=O)CSc1nnc(COc2ccccc2)n1CCC(C)C. The first-order chi connectivity index (χ1) is 14.3. The van der Waals surface area contributed by atoms with Gasteiger partial charge >= 0.3 is 0 Å². The molecule has 6 nitrogen and oxygen atoms in total. The van der Waals surface area contributed by atoms with Crippen molar-refractivity contribution in [2.24, 2.45) is 11.8 Å². The van der Waals surface area contributed by atoms with Gasteiger partial charge in [-0.05, 0) is 50.2 Å². The lowest BCUT2D eigenvalue weighted by atomic mass is 10.0. The van der Waals surface area contributed by atoms with E-state index >= 15 is 0 Å². The molecule has 0 bridgehead atoms. The molecule has 0 fully saturated rings. The van der Waals surface area contributed by atoms with Gasteiger partial charge in [0.05, 0.1) is 5.75 Å². The fourth-order valence-electron chi connectivity index (χ4n) is 2.91. The number of aromatic nitrogens is 3. The Morgan fingerprint density at radius 2 is 1.73 bits per heavy atom. The Kier molecular flexibility index (Phi) is 10.2. The lowest BCUT2D eigenvalue weighted by Crippen LogP contribution is -2.34. The number of para-hydroxylation sites is 1. The standard InChI is InChI=1S/C23H36N4O2S/c1-17(2)11-12-19(5)24-22(28)16-30-23-26-25-21(27(23)14-13-18(3)4)15-29-20-9-7-6-8-10-20/h6-10,17-19H,11-16H2,1-5H3,(H,24,28). The van der Waals surface area contributed by atoms with E-state index in [1.807, 2.05) is 30.3 Å². The van der Waals surface area contributed by atoms with Crippen LogP contribution < -0.4 is 10.1 Å². The molecule has 1 unspecified atom stereocenters. The average molecular weight is 433 g/mol. The quantitative estimate of drug-likeness (QED) is 0.454. The van der Waals surface area contributed by atoms with Gasteiger partial charge in [-0.2, -0.15) is 0 Å². The highest BCUT2D eigenvalue weighted by Crippen LogP contribution is 2.20. The highest BCUT2D eigenvalue weighted by atomic mass is 32.2. The van der Waals surface area contributed by atoms with Crippen LogP contribution in [-0.4, -0.2) is 32.5 Å². The van der Waals surface area contributed by atoms with Crippen molar-refractivity contribution in [1.29, 1.82) is 0 Å². The van der Waals surface area contributed by atoms with Gasteiger partial charge in [0.15, 0.2) is 11.0 Å². The number of nitrogens with zero attached hydrogens (tertiary/aromatic N) is 3. The molecule has 1 aromatic carbocycles. The van der Waals surface area contributed by atoms with E-state index in [1.165, 1.54) is 11.8 Å². The molecule has 0 aliphatic heterocycles. The first-order valence-electron chi connectivity index (χ1n) is 10.9. The van der Waals surface area contributed by atoms with Crippen molar-refractivity contribution in [3.63, 3.8) is 0 Å². The largest absolute Gasteiger partial charge is 0.486 e. The van der Waals surface area contributed by atoms with Crippen LogP contribution in [0.4, 0.5) is 0 Å². The summed E-state index contributed by atoms with van der Waals surface area (Å²) in [6.07, 6.45) is 3.13. The summed E-state index contributed by atoms with van der Waals surface area (Å²) in [6, 6.07) is 9.89. The fraction of sp³-hybridized carbons (Fsp3) is 0.609. The Hall–Kier alpha value is -2.02. The molecule has 1 N–H and O–H groups in total. The molecule has 0 aliphatic carbocycles. The topological polar surface area (TPSA) is 69.0 Å². The first kappa shape index (κ1) is 24.3. The van der Waals surface area contributed by atoms with Crippen LogP contribution in [0.25, 0.3) is 0 Å². The molecule has 1 heterocycles. The summed E-state index contributed by atoms with van der Waals surface area (Å²) in [5.41, 5.74) is 0. The van der Waals surface area contributed by atoms with Gasteiger partial charge < -0.3 is 14.6 Å². The molecular weight excluding hydrogens is 396 g/mol. The molecule has 1 amide bonds. The molecule has 0 saturated heterocycles. The number of ether oxygens (including phenoxy) is 1. The maximum atomic E-state index is 12.4. The Bertz CT molecular complexity index is 762. The molecule has 1 aromatic heterocycles. The van der Waals surface area contributed by atoms with Crippen LogP contribution in [0.3, 0.4) is 0 Å². The molecule has 30 heavy (non-hydrogen) atoms. The van der Waals surface area contributed by atoms with Crippen LogP contribution in [0.5, 0.6) is 5.75 Å². The van der Waals surface area contributed by atoms with Gasteiger partial charge in [-0.15, -0.1) is 10.2 Å². The summed E-state index contributed by atoms with van der Waals surface area (Å²) in [4.78, 5) is 12.4. The van der Waals surface area contributed by atoms with Crippen molar-refractivity contribution in [2.75, 3.05) is 5.75 Å². The second kappa shape index (κ2) is 12.6. The number of rotatable bonds is 13. The van der Waals surface area contributed by atoms with Crippen LogP contribution in [0.15, 0.2) is 35.5 Å². The second-order valence-electron chi connectivity index (χ2n) is 8.56. The number of hydrogen-bond acceptors (Lipinski definition) is 5. The third-order valence-electron chi connectivity index (χ3n) is 4.75. The van der Waals surface area contributed by atoms with Crippen molar-refractivity contribution in [2.45, 2.75) is 78.2 Å². The van der Waals surface area contributed by atoms with Gasteiger partial charge in [0.2, 0.25) is 5.91 Å². The number of nitrogens with one attached hydrogen (secondary N) is 1. The number of hydrogen-bond donors (Lipinski definition) is 1. The van der Waals surface area contributed by atoms with Crippen LogP contribution in [0.2, 0.25) is 0 Å². The Balaban J connectivity index is 1.95. The summed E-state index contributed by atoms with van der Waals surface area (Å²) in [5, 5.41) is 12.5. The molecule has 0 spiro atoms. The van der Waals surface area contributed by atoms with Gasteiger partial charge in [0.25, 0.3) is 0 Å². The number of amides is 1. The van der Waals surface area contributed by atoms with E-state index in [9.17, 15) is 4.79 Å². The molecule has 166 valence electrons. The van der Waals surface area contributed by atoms with Crippen LogP contribution in [-0.2, 0) is 17.9 Å². The summed E-state index contributed by atoms with van der Waals surface area (Å²) in [6.45, 7) is 12.0. The Morgan fingerprint density at radius 1 is 1.03 bits per heavy atom. The zero-order valence-electron chi connectivity index (χ0n) is 18.9. The van der Waals surface area contributed by atoms with E-state index in [1.54, 1.807) is 0 Å². The highest BCUT2D eigenvalue weighted by molar-refractivity contribution is 7.99. The molecule has 0 saturated carbocycles. The number of thioether (sulfide) groups is 1. The molecular formula is C23H36N4O2S. The minimum absolute atomic E-state index is 0.0387. The number of carbonyl (C=O) groups excluding carboxylic acids is 1. The van der Waals surface area contributed by atoms with E-state index in [0.29, 0.717) is 24.2 Å². The summed E-state index contributed by atoms with van der Waals surface area (Å²) < 4.78 is 7.95. The molecule has 2 rings (SSSR count). The lowest BCUT2D eigenvalue weighted by Gasteiger charge is -2.15. The fourth-order valence-corrected chi connectivity index (χ4v) is 3.71. The van der Waals surface area contributed by atoms with Crippen molar-refractivity contribution >= 4 is 17.7 Å². The van der Waals surface area contributed by atoms with E-state index in [4.69, 9.17) is 4.74 Å². The van der Waals surface area contributed by atoms with Crippen molar-refractivity contribution in [3.05, 3.63) is 36.2 Å². The first-order valence-corrected chi connectivity index (χ1v) is 11.9. The third-order valence-corrected chi connectivity index (χ3v) is 5.72. The van der Waals surface area contributed by atoms with E-state index < -0.39 is 0 Å². The summed E-state index contributed by atoms with van der Waals surface area (Å²) in [5.74, 6) is 3.18. The molecule has 1 atom stereocenters. The van der Waals surface area contributed by atoms with Crippen LogP contribution >= 0.6 is 11.8 Å². The van der Waals surface area contributed by atoms with Crippen molar-refractivity contribution in [3.8, 4) is 5.75 Å². The van der Waals surface area contributed by atoms with Gasteiger partial charge in [0, 0.05) is 12.6 Å². The zero-order valence-corrected chi connectivity index (χ0v) is 19.7. The van der Waals surface area contributed by atoms with Crippen molar-refractivity contribution in [1.82, 2.24) is 20.1 Å². The summed E-state index contributed by atoms with van der Waals surface area (Å²) in [7, 11) is 0. The minimum atomic E-state index is 0.0387. The smallest absolute Gasteiger partial charge is 0.230 e.